The second kappa shape index (κ2) is 7.78. The highest BCUT2D eigenvalue weighted by Crippen LogP contribution is 2.32. The van der Waals surface area contributed by atoms with E-state index in [4.69, 9.17) is 9.47 Å². The Morgan fingerprint density at radius 2 is 1.83 bits per heavy atom. The number of ketones is 1. The molecule has 6 nitrogen and oxygen atoms in total. The van der Waals surface area contributed by atoms with Crippen molar-refractivity contribution in [2.45, 2.75) is 26.4 Å². The van der Waals surface area contributed by atoms with Gasteiger partial charge in [0.15, 0.2) is 11.5 Å². The molecule has 3 heterocycles. The number of benzene rings is 2. The van der Waals surface area contributed by atoms with E-state index in [1.165, 1.54) is 10.5 Å². The van der Waals surface area contributed by atoms with Gasteiger partial charge < -0.3 is 24.3 Å². The molecule has 1 atom stereocenters. The van der Waals surface area contributed by atoms with Crippen LogP contribution in [0.2, 0.25) is 0 Å². The van der Waals surface area contributed by atoms with Crippen molar-refractivity contribution in [1.82, 2.24) is 4.98 Å². The number of nitrogens with one attached hydrogen (secondary N) is 3. The summed E-state index contributed by atoms with van der Waals surface area (Å²) in [7, 11) is 0. The van der Waals surface area contributed by atoms with Crippen molar-refractivity contribution in [1.29, 1.82) is 0 Å². The minimum atomic E-state index is -0.0324. The van der Waals surface area contributed by atoms with Crippen LogP contribution in [0.5, 0.6) is 11.5 Å². The molecule has 3 aromatic rings. The number of aromatic nitrogens is 1. The zero-order valence-electron chi connectivity index (χ0n) is 17.6. The summed E-state index contributed by atoms with van der Waals surface area (Å²) >= 11 is 0. The number of quaternary nitrogens is 2. The number of rotatable bonds is 5. The number of aromatic amines is 1. The van der Waals surface area contributed by atoms with Crippen LogP contribution in [-0.2, 0) is 6.54 Å². The van der Waals surface area contributed by atoms with E-state index >= 15 is 0 Å². The molecule has 2 aliphatic heterocycles. The van der Waals surface area contributed by atoms with Crippen LogP contribution < -0.4 is 19.3 Å². The Morgan fingerprint density at radius 3 is 2.67 bits per heavy atom. The largest absolute Gasteiger partial charge is 0.454 e. The summed E-state index contributed by atoms with van der Waals surface area (Å²) < 4.78 is 10.9. The number of carbonyl (C=O) groups excluding carboxylic acids is 1. The van der Waals surface area contributed by atoms with Gasteiger partial charge in [0.05, 0.1) is 5.56 Å². The number of para-hydroxylation sites is 1. The molecule has 2 aliphatic rings. The van der Waals surface area contributed by atoms with Crippen molar-refractivity contribution >= 4 is 16.7 Å². The first kappa shape index (κ1) is 19.2. The van der Waals surface area contributed by atoms with Gasteiger partial charge in [-0.1, -0.05) is 18.2 Å². The summed E-state index contributed by atoms with van der Waals surface area (Å²) in [5.41, 5.74) is 4.15. The predicted molar refractivity (Wildman–Crippen MR) is 114 cm³/mol. The highest BCUT2D eigenvalue weighted by atomic mass is 16.7. The second-order valence-corrected chi connectivity index (χ2v) is 8.53. The SMILES string of the molecule is Cc1[nH]c2ccccc2c1C(=O)[C@@H](C)[NH+]1CC[NH+](Cc2ccc3c(c2)OCO3)CC1. The topological polar surface area (TPSA) is 60.2 Å². The average molecular weight is 408 g/mol. The van der Waals surface area contributed by atoms with E-state index in [0.29, 0.717) is 6.79 Å². The van der Waals surface area contributed by atoms with Crippen molar-refractivity contribution in [3.05, 3.63) is 59.3 Å². The molecule has 0 saturated carbocycles. The third-order valence-electron chi connectivity index (χ3n) is 6.64. The highest BCUT2D eigenvalue weighted by molar-refractivity contribution is 6.10. The van der Waals surface area contributed by atoms with Gasteiger partial charge in [-0.05, 0) is 38.1 Å². The van der Waals surface area contributed by atoms with Crippen LogP contribution in [0.15, 0.2) is 42.5 Å². The molecule has 0 amide bonds. The van der Waals surface area contributed by atoms with Crippen molar-refractivity contribution in [2.24, 2.45) is 0 Å². The molecule has 2 aromatic carbocycles. The molecular weight excluding hydrogens is 378 g/mol. The van der Waals surface area contributed by atoms with Gasteiger partial charge in [-0.3, -0.25) is 4.79 Å². The zero-order valence-corrected chi connectivity index (χ0v) is 17.6. The fourth-order valence-corrected chi connectivity index (χ4v) is 4.87. The van der Waals surface area contributed by atoms with Crippen LogP contribution in [0, 0.1) is 6.92 Å². The van der Waals surface area contributed by atoms with Crippen molar-refractivity contribution in [3.63, 3.8) is 0 Å². The maximum Gasteiger partial charge on any atom is 0.231 e. The number of Topliss-reactive ketones (excluding diaryl/α,β-unsaturated/α-hetero) is 1. The summed E-state index contributed by atoms with van der Waals surface area (Å²) in [6, 6.07) is 14.3. The van der Waals surface area contributed by atoms with E-state index in [1.807, 2.05) is 37.3 Å². The molecule has 1 saturated heterocycles. The van der Waals surface area contributed by atoms with E-state index < -0.39 is 0 Å². The van der Waals surface area contributed by atoms with E-state index in [2.05, 4.69) is 24.0 Å². The van der Waals surface area contributed by atoms with Gasteiger partial charge in [-0.25, -0.2) is 0 Å². The third kappa shape index (κ3) is 3.46. The van der Waals surface area contributed by atoms with Crippen molar-refractivity contribution < 1.29 is 24.1 Å². The summed E-state index contributed by atoms with van der Waals surface area (Å²) in [5, 5.41) is 1.04. The third-order valence-corrected chi connectivity index (χ3v) is 6.64. The molecule has 30 heavy (non-hydrogen) atoms. The molecule has 1 aromatic heterocycles. The van der Waals surface area contributed by atoms with Crippen LogP contribution in [0.25, 0.3) is 10.9 Å². The van der Waals surface area contributed by atoms with Gasteiger partial charge in [-0.15, -0.1) is 0 Å². The van der Waals surface area contributed by atoms with Crippen LogP contribution in [0.1, 0.15) is 28.5 Å². The molecule has 0 unspecified atom stereocenters. The summed E-state index contributed by atoms with van der Waals surface area (Å²) in [6.07, 6.45) is 0. The Bertz CT molecular complexity index is 1080. The Hall–Kier alpha value is -2.83. The number of piperazine rings is 1. The van der Waals surface area contributed by atoms with E-state index in [9.17, 15) is 4.79 Å². The van der Waals surface area contributed by atoms with E-state index in [0.717, 1.165) is 66.4 Å². The lowest BCUT2D eigenvalue weighted by Crippen LogP contribution is -3.29. The van der Waals surface area contributed by atoms with Crippen LogP contribution in [-0.4, -0.2) is 49.8 Å². The Kier molecular flexibility index (Phi) is 4.97. The monoisotopic (exact) mass is 407 g/mol. The predicted octanol–water partition coefficient (Wildman–Crippen LogP) is 0.760. The lowest BCUT2D eigenvalue weighted by Gasteiger charge is -2.32. The number of ether oxygens (including phenoxy) is 2. The molecule has 5 rings (SSSR count). The van der Waals surface area contributed by atoms with Crippen LogP contribution in [0.3, 0.4) is 0 Å². The maximum absolute atomic E-state index is 13.3. The van der Waals surface area contributed by atoms with Gasteiger partial charge in [-0.2, -0.15) is 0 Å². The molecule has 156 valence electrons. The van der Waals surface area contributed by atoms with Gasteiger partial charge in [0.25, 0.3) is 0 Å². The van der Waals surface area contributed by atoms with Gasteiger partial charge >= 0.3 is 0 Å². The molecule has 0 aliphatic carbocycles. The summed E-state index contributed by atoms with van der Waals surface area (Å²) in [4.78, 5) is 19.7. The first-order valence-corrected chi connectivity index (χ1v) is 10.8. The van der Waals surface area contributed by atoms with Crippen molar-refractivity contribution in [3.8, 4) is 11.5 Å². The number of carbonyl (C=O) groups is 1. The normalized spacial score (nSPS) is 21.7. The Balaban J connectivity index is 1.23. The standard InChI is InChI=1S/C24H27N3O3/c1-16-23(19-5-3-4-6-20(19)25-16)24(28)17(2)27-11-9-26(10-12-27)14-18-7-8-21-22(13-18)30-15-29-21/h3-8,13,17,25H,9-12,14-15H2,1-2H3/p+2/t17-/m1/s1. The molecule has 0 radical (unpaired) electrons. The van der Waals surface area contributed by atoms with Gasteiger partial charge in [0, 0.05) is 22.2 Å². The first-order chi connectivity index (χ1) is 14.6. The fraction of sp³-hybridized carbons (Fsp3) is 0.375. The Morgan fingerprint density at radius 1 is 1.07 bits per heavy atom. The molecule has 3 N–H and O–H groups in total. The van der Waals surface area contributed by atoms with E-state index in [1.54, 1.807) is 4.90 Å². The number of aryl methyl sites for hydroxylation is 1. The quantitative estimate of drug-likeness (QED) is 0.548. The zero-order chi connectivity index (χ0) is 20.7. The summed E-state index contributed by atoms with van der Waals surface area (Å²) in [5.74, 6) is 1.94. The molecular formula is C24H29N3O3+2. The lowest BCUT2D eigenvalue weighted by atomic mass is 10.0. The minimum Gasteiger partial charge on any atom is -0.454 e. The van der Waals surface area contributed by atoms with Crippen molar-refractivity contribution in [2.75, 3.05) is 33.0 Å². The second-order valence-electron chi connectivity index (χ2n) is 8.53. The van der Waals surface area contributed by atoms with Crippen LogP contribution in [0.4, 0.5) is 0 Å². The number of hydrogen-bond donors (Lipinski definition) is 3. The molecule has 0 spiro atoms. The average Bonchev–Trinajstić information content (AvgIpc) is 3.36. The number of fused-ring (bicyclic) bond motifs is 2. The Labute approximate surface area is 176 Å². The summed E-state index contributed by atoms with van der Waals surface area (Å²) in [6.45, 7) is 9.53. The molecule has 1 fully saturated rings. The van der Waals surface area contributed by atoms with E-state index in [-0.39, 0.29) is 11.8 Å². The van der Waals surface area contributed by atoms with Gasteiger partial charge in [0.1, 0.15) is 38.8 Å². The minimum absolute atomic E-state index is 0.0324. The number of H-pyrrole nitrogens is 1. The first-order valence-electron chi connectivity index (χ1n) is 10.8. The smallest absolute Gasteiger partial charge is 0.231 e. The number of hydrogen-bond acceptors (Lipinski definition) is 3. The lowest BCUT2D eigenvalue weighted by molar-refractivity contribution is -1.02. The van der Waals surface area contributed by atoms with Gasteiger partial charge in [0.2, 0.25) is 12.6 Å². The van der Waals surface area contributed by atoms with Crippen LogP contribution >= 0.6 is 0 Å². The maximum atomic E-state index is 13.3. The fourth-order valence-electron chi connectivity index (χ4n) is 4.87. The molecule has 6 heteroatoms. The molecule has 0 bridgehead atoms. The highest BCUT2D eigenvalue weighted by Gasteiger charge is 2.33.